The van der Waals surface area contributed by atoms with Crippen LogP contribution in [-0.2, 0) is 25.8 Å². The summed E-state index contributed by atoms with van der Waals surface area (Å²) in [6.07, 6.45) is 0. The Morgan fingerprint density at radius 1 is 0.567 bits per heavy atom. The molecule has 0 amide bonds. The fraction of sp³-hybridized carbons (Fsp3) is 0.737. The van der Waals surface area contributed by atoms with Gasteiger partial charge in [0.1, 0.15) is 0 Å². The van der Waals surface area contributed by atoms with Gasteiger partial charge in [0.25, 0.3) is 8.80 Å². The number of aliphatic hydroxyl groups is 3. The van der Waals surface area contributed by atoms with E-state index in [1.165, 1.54) is 12.1 Å². The van der Waals surface area contributed by atoms with E-state index < -0.39 is 42.4 Å². The van der Waals surface area contributed by atoms with E-state index in [0.29, 0.717) is 0 Å². The molecule has 1 rings (SSSR count). The molecule has 0 saturated heterocycles. The molecule has 0 fully saturated rings. The first-order chi connectivity index (χ1) is 12.2. The summed E-state index contributed by atoms with van der Waals surface area (Å²) in [5.74, 6) is -10.3. The number of rotatable bonds is 1. The molecule has 0 saturated carbocycles. The third kappa shape index (κ3) is 38.5. The quantitative estimate of drug-likeness (QED) is 0.245. The van der Waals surface area contributed by atoms with E-state index >= 15 is 0 Å². The van der Waals surface area contributed by atoms with E-state index in [4.69, 9.17) is 15.3 Å². The summed E-state index contributed by atoms with van der Waals surface area (Å²) in [5, 5.41) is 24.9. The van der Waals surface area contributed by atoms with Gasteiger partial charge in [0, 0.05) is 25.8 Å². The second-order valence-electron chi connectivity index (χ2n) is 9.25. The van der Waals surface area contributed by atoms with Crippen molar-refractivity contribution in [2.45, 2.75) is 90.7 Å². The van der Waals surface area contributed by atoms with Crippen molar-refractivity contribution in [3.8, 4) is 0 Å². The van der Waals surface area contributed by atoms with Crippen molar-refractivity contribution in [1.29, 1.82) is 0 Å². The summed E-state index contributed by atoms with van der Waals surface area (Å²) in [6, 6.07) is 4.09. The van der Waals surface area contributed by atoms with Gasteiger partial charge in [-0.25, -0.2) is 12.1 Å². The molecular formula is C19H35F6HfO3Si-. The molecule has 0 aliphatic rings. The number of hydrogen-bond acceptors (Lipinski definition) is 3. The topological polar surface area (TPSA) is 60.7 Å². The molecule has 3 nitrogen and oxygen atoms in total. The first kappa shape index (κ1) is 37.2. The van der Waals surface area contributed by atoms with Crippen LogP contribution in [0.5, 0.6) is 0 Å². The summed E-state index contributed by atoms with van der Waals surface area (Å²) in [4.78, 5) is 0. The van der Waals surface area contributed by atoms with E-state index in [9.17, 15) is 26.3 Å². The van der Waals surface area contributed by atoms with Gasteiger partial charge in [0.05, 0.1) is 16.8 Å². The number of halogens is 6. The smallest absolute Gasteiger partial charge is 0.361 e. The molecule has 0 spiro atoms. The van der Waals surface area contributed by atoms with Crippen LogP contribution in [0.4, 0.5) is 26.3 Å². The molecular weight excluding hydrogens is 597 g/mol. The maximum Gasteiger partial charge on any atom is 0.361 e. The summed E-state index contributed by atoms with van der Waals surface area (Å²) in [7, 11) is -4.92. The van der Waals surface area contributed by atoms with Gasteiger partial charge in [-0.2, -0.15) is 38.5 Å². The third-order valence-electron chi connectivity index (χ3n) is 1.68. The molecule has 11 heteroatoms. The van der Waals surface area contributed by atoms with Gasteiger partial charge in [0.2, 0.25) is 0 Å². The molecule has 1 aromatic rings. The minimum absolute atomic E-state index is 0. The van der Waals surface area contributed by atoms with Crippen LogP contribution < -0.4 is 5.19 Å². The number of hydrogen-bond donors (Lipinski definition) is 3. The summed E-state index contributed by atoms with van der Waals surface area (Å²) >= 11 is 0. The van der Waals surface area contributed by atoms with E-state index in [1.807, 2.05) is 0 Å². The van der Waals surface area contributed by atoms with Gasteiger partial charge in [-0.05, 0) is 62.3 Å². The predicted octanol–water partition coefficient (Wildman–Crippen LogP) is 4.37. The Labute approximate surface area is 196 Å². The predicted molar refractivity (Wildman–Crippen MR) is 107 cm³/mol. The fourth-order valence-corrected chi connectivity index (χ4v) is 2.88. The van der Waals surface area contributed by atoms with Crippen molar-refractivity contribution in [3.05, 3.63) is 24.3 Å². The molecule has 0 bridgehead atoms. The van der Waals surface area contributed by atoms with E-state index in [1.54, 1.807) is 62.3 Å². The minimum atomic E-state index is -5.16. The van der Waals surface area contributed by atoms with Crippen molar-refractivity contribution in [2.75, 3.05) is 0 Å². The van der Waals surface area contributed by atoms with Crippen LogP contribution in [0.2, 0.25) is 0 Å². The molecule has 0 aliphatic heterocycles. The van der Waals surface area contributed by atoms with Gasteiger partial charge in [-0.3, -0.25) is 0 Å². The standard InChI is InChI=1S/C7H5F6Si.3C4H10O.Hf/c8-6(9,10)14(7(11,12)13)5-3-1-2-4-5;3*1-4(2,3)5;/h1-4,14H;3*5H,1-3H3;/q-1;;;;. The molecule has 0 radical (unpaired) electrons. The van der Waals surface area contributed by atoms with Crippen molar-refractivity contribution in [3.63, 3.8) is 0 Å². The maximum absolute atomic E-state index is 12.1. The van der Waals surface area contributed by atoms with Crippen LogP contribution in [0.1, 0.15) is 62.3 Å². The van der Waals surface area contributed by atoms with Crippen molar-refractivity contribution in [1.82, 2.24) is 0 Å². The Morgan fingerprint density at radius 2 is 0.733 bits per heavy atom. The van der Waals surface area contributed by atoms with E-state index in [2.05, 4.69) is 0 Å². The van der Waals surface area contributed by atoms with Crippen LogP contribution in [0.15, 0.2) is 24.3 Å². The van der Waals surface area contributed by atoms with E-state index in [-0.39, 0.29) is 25.8 Å². The zero-order valence-corrected chi connectivity index (χ0v) is 23.7. The number of alkyl halides is 6. The van der Waals surface area contributed by atoms with Crippen molar-refractivity contribution < 1.29 is 67.5 Å². The minimum Gasteiger partial charge on any atom is -0.391 e. The van der Waals surface area contributed by atoms with Crippen LogP contribution in [-0.4, -0.2) is 52.5 Å². The second-order valence-corrected chi connectivity index (χ2v) is 12.1. The molecule has 30 heavy (non-hydrogen) atoms. The molecule has 3 N–H and O–H groups in total. The average molecular weight is 632 g/mol. The van der Waals surface area contributed by atoms with Gasteiger partial charge < -0.3 is 15.3 Å². The van der Waals surface area contributed by atoms with Crippen molar-refractivity contribution >= 4 is 14.0 Å². The summed E-state index contributed by atoms with van der Waals surface area (Å²) in [5.41, 5.74) is -1.50. The third-order valence-corrected chi connectivity index (χ3v) is 4.04. The van der Waals surface area contributed by atoms with Crippen LogP contribution in [0.3, 0.4) is 0 Å². The Bertz CT molecular complexity index is 464. The molecule has 0 aromatic heterocycles. The van der Waals surface area contributed by atoms with Crippen LogP contribution in [0, 0.1) is 0 Å². The molecule has 1 aromatic carbocycles. The molecule has 0 unspecified atom stereocenters. The Morgan fingerprint density at radius 3 is 0.867 bits per heavy atom. The van der Waals surface area contributed by atoms with Crippen LogP contribution >= 0.6 is 0 Å². The zero-order chi connectivity index (χ0) is 24.5. The monoisotopic (exact) mass is 633 g/mol. The Balaban J connectivity index is -0.000000176. The largest absolute Gasteiger partial charge is 0.391 e. The molecule has 0 aliphatic carbocycles. The Hall–Kier alpha value is -0.103. The molecule has 180 valence electrons. The summed E-state index contributed by atoms with van der Waals surface area (Å²) < 4.78 is 72.7. The van der Waals surface area contributed by atoms with Gasteiger partial charge in [-0.1, -0.05) is 0 Å². The normalized spacial score (nSPS) is 12.4. The first-order valence-electron chi connectivity index (χ1n) is 8.75. The van der Waals surface area contributed by atoms with Crippen molar-refractivity contribution in [2.24, 2.45) is 0 Å². The van der Waals surface area contributed by atoms with Crippen LogP contribution in [0.25, 0.3) is 0 Å². The maximum atomic E-state index is 12.1. The van der Waals surface area contributed by atoms with Gasteiger partial charge in [0.15, 0.2) is 0 Å². The van der Waals surface area contributed by atoms with Gasteiger partial charge in [-0.15, -0.1) is 5.19 Å². The first-order valence-corrected chi connectivity index (χ1v) is 10.5. The van der Waals surface area contributed by atoms with E-state index in [0.717, 1.165) is 12.1 Å². The second kappa shape index (κ2) is 14.1. The SMILES string of the molecule is CC(C)(C)O.CC(C)(C)O.CC(C)(C)O.FC(F)(F)[SiH]([c-]1cccc1)C(F)(F)F.[Hf]. The zero-order valence-electron chi connectivity index (χ0n) is 19.0. The Kier molecular flexibility index (Phi) is 17.5. The molecule has 0 atom stereocenters. The van der Waals surface area contributed by atoms with Gasteiger partial charge >= 0.3 is 11.6 Å². The molecule has 0 heterocycles. The average Bonchev–Trinajstić information content (AvgIpc) is 2.69. The summed E-state index contributed by atoms with van der Waals surface area (Å²) in [6.45, 7) is 15.7. The fourth-order valence-electron chi connectivity index (χ4n) is 1.14.